The molecular weight excluding hydrogens is 326 g/mol. The van der Waals surface area contributed by atoms with E-state index in [9.17, 15) is 0 Å². The molecule has 0 unspecified atom stereocenters. The average Bonchev–Trinajstić information content (AvgIpc) is 2.80. The molecule has 1 aromatic heterocycles. The Morgan fingerprint density at radius 3 is 2.19 bits per heavy atom. The third-order valence-electron chi connectivity index (χ3n) is 3.50. The van der Waals surface area contributed by atoms with Gasteiger partial charge in [-0.3, -0.25) is 0 Å². The molecule has 0 aliphatic rings. The van der Waals surface area contributed by atoms with Crippen molar-refractivity contribution in [1.82, 2.24) is 14.8 Å². The van der Waals surface area contributed by atoms with Gasteiger partial charge < -0.3 is 4.57 Å². The molecular formula is C17H24BrN3. The molecule has 0 radical (unpaired) electrons. The van der Waals surface area contributed by atoms with Crippen molar-refractivity contribution in [3.8, 4) is 11.4 Å². The first-order chi connectivity index (χ1) is 9.82. The van der Waals surface area contributed by atoms with E-state index >= 15 is 0 Å². The number of halogens is 1. The Morgan fingerprint density at radius 2 is 1.71 bits per heavy atom. The van der Waals surface area contributed by atoms with E-state index in [0.717, 1.165) is 29.1 Å². The van der Waals surface area contributed by atoms with Crippen molar-refractivity contribution in [3.63, 3.8) is 0 Å². The van der Waals surface area contributed by atoms with Crippen LogP contribution in [0.3, 0.4) is 0 Å². The fourth-order valence-corrected chi connectivity index (χ4v) is 2.74. The molecule has 0 saturated heterocycles. The largest absolute Gasteiger partial charge is 0.310 e. The highest BCUT2D eigenvalue weighted by Gasteiger charge is 2.16. The van der Waals surface area contributed by atoms with Gasteiger partial charge in [0.2, 0.25) is 0 Å². The average molecular weight is 350 g/mol. The van der Waals surface area contributed by atoms with Gasteiger partial charge >= 0.3 is 0 Å². The van der Waals surface area contributed by atoms with Crippen molar-refractivity contribution < 1.29 is 0 Å². The Morgan fingerprint density at radius 1 is 1.10 bits per heavy atom. The Labute approximate surface area is 135 Å². The monoisotopic (exact) mass is 349 g/mol. The first-order valence-electron chi connectivity index (χ1n) is 7.42. The Kier molecular flexibility index (Phi) is 4.87. The number of nitrogens with zero attached hydrogens (tertiary/aromatic N) is 3. The van der Waals surface area contributed by atoms with Crippen LogP contribution in [0.25, 0.3) is 11.4 Å². The number of benzene rings is 1. The van der Waals surface area contributed by atoms with Gasteiger partial charge in [0.05, 0.1) is 5.33 Å². The molecule has 0 N–H and O–H groups in total. The number of rotatable bonds is 4. The van der Waals surface area contributed by atoms with Gasteiger partial charge in [-0.1, -0.05) is 74.8 Å². The zero-order valence-corrected chi connectivity index (χ0v) is 15.1. The molecule has 0 bridgehead atoms. The molecule has 1 aromatic carbocycles. The summed E-state index contributed by atoms with van der Waals surface area (Å²) >= 11 is 3.50. The molecule has 0 amide bonds. The maximum atomic E-state index is 4.39. The van der Waals surface area contributed by atoms with E-state index in [0.29, 0.717) is 5.92 Å². The Hall–Kier alpha value is -1.16. The summed E-state index contributed by atoms with van der Waals surface area (Å²) in [6.07, 6.45) is 0. The van der Waals surface area contributed by atoms with Crippen molar-refractivity contribution in [2.24, 2.45) is 5.92 Å². The topological polar surface area (TPSA) is 30.7 Å². The predicted molar refractivity (Wildman–Crippen MR) is 91.6 cm³/mol. The van der Waals surface area contributed by atoms with Gasteiger partial charge in [0.25, 0.3) is 0 Å². The molecule has 0 aliphatic heterocycles. The molecule has 114 valence electrons. The van der Waals surface area contributed by atoms with E-state index in [1.54, 1.807) is 0 Å². The van der Waals surface area contributed by atoms with Crippen LogP contribution in [0, 0.1) is 5.92 Å². The van der Waals surface area contributed by atoms with Gasteiger partial charge in [-0.05, 0) is 16.9 Å². The highest BCUT2D eigenvalue weighted by Crippen LogP contribution is 2.26. The predicted octanol–water partition coefficient (Wildman–Crippen LogP) is 4.79. The second kappa shape index (κ2) is 6.30. The van der Waals surface area contributed by atoms with Crippen molar-refractivity contribution in [1.29, 1.82) is 0 Å². The van der Waals surface area contributed by atoms with Gasteiger partial charge in [0.1, 0.15) is 5.82 Å². The van der Waals surface area contributed by atoms with Crippen LogP contribution in [0.5, 0.6) is 0 Å². The number of hydrogen-bond donors (Lipinski definition) is 0. The van der Waals surface area contributed by atoms with Gasteiger partial charge in [-0.25, -0.2) is 0 Å². The maximum absolute atomic E-state index is 4.39. The highest BCUT2D eigenvalue weighted by molar-refractivity contribution is 9.08. The van der Waals surface area contributed by atoms with E-state index < -0.39 is 0 Å². The third-order valence-corrected chi connectivity index (χ3v) is 4.01. The Balaban J connectivity index is 2.40. The van der Waals surface area contributed by atoms with Gasteiger partial charge in [0, 0.05) is 12.1 Å². The minimum Gasteiger partial charge on any atom is -0.310 e. The normalized spacial score (nSPS) is 12.1. The van der Waals surface area contributed by atoms with Crippen LogP contribution in [0.15, 0.2) is 24.3 Å². The molecule has 0 aliphatic carbocycles. The zero-order chi connectivity index (χ0) is 15.6. The van der Waals surface area contributed by atoms with Crippen LogP contribution in [-0.4, -0.2) is 14.8 Å². The number of hydrogen-bond acceptors (Lipinski definition) is 2. The molecule has 2 aromatic rings. The summed E-state index contributed by atoms with van der Waals surface area (Å²) < 4.78 is 2.21. The minimum atomic E-state index is 0.172. The zero-order valence-electron chi connectivity index (χ0n) is 13.5. The van der Waals surface area contributed by atoms with E-state index in [1.165, 1.54) is 5.56 Å². The van der Waals surface area contributed by atoms with Gasteiger partial charge in [-0.2, -0.15) is 0 Å². The van der Waals surface area contributed by atoms with E-state index in [4.69, 9.17) is 0 Å². The van der Waals surface area contributed by atoms with Crippen molar-refractivity contribution in [2.75, 3.05) is 0 Å². The molecule has 0 spiro atoms. The summed E-state index contributed by atoms with van der Waals surface area (Å²) in [6.45, 7) is 12.0. The molecule has 0 atom stereocenters. The molecule has 0 saturated carbocycles. The molecule has 1 heterocycles. The van der Waals surface area contributed by atoms with Gasteiger partial charge in [-0.15, -0.1) is 10.2 Å². The van der Waals surface area contributed by atoms with Crippen LogP contribution in [0.4, 0.5) is 0 Å². The second-order valence-corrected chi connectivity index (χ2v) is 7.47. The summed E-state index contributed by atoms with van der Waals surface area (Å²) in [6, 6.07) is 8.69. The van der Waals surface area contributed by atoms with Crippen LogP contribution in [-0.2, 0) is 17.3 Å². The van der Waals surface area contributed by atoms with Crippen molar-refractivity contribution in [2.45, 2.75) is 51.9 Å². The summed E-state index contributed by atoms with van der Waals surface area (Å²) in [4.78, 5) is 0. The smallest absolute Gasteiger partial charge is 0.163 e. The lowest BCUT2D eigenvalue weighted by molar-refractivity contribution is 0.516. The summed E-state index contributed by atoms with van der Waals surface area (Å²) in [5.74, 6) is 2.50. The summed E-state index contributed by atoms with van der Waals surface area (Å²) in [7, 11) is 0. The fraction of sp³-hybridized carbons (Fsp3) is 0.529. The Bertz CT molecular complexity index is 591. The lowest BCUT2D eigenvalue weighted by Crippen LogP contribution is -2.11. The van der Waals surface area contributed by atoms with Crippen molar-refractivity contribution >= 4 is 15.9 Å². The van der Waals surface area contributed by atoms with Crippen LogP contribution in [0.1, 0.15) is 46.0 Å². The van der Waals surface area contributed by atoms with Crippen LogP contribution in [0.2, 0.25) is 0 Å². The molecule has 21 heavy (non-hydrogen) atoms. The maximum Gasteiger partial charge on any atom is 0.163 e. The first-order valence-corrected chi connectivity index (χ1v) is 8.54. The van der Waals surface area contributed by atoms with E-state index in [2.05, 4.69) is 89.6 Å². The number of aromatic nitrogens is 3. The van der Waals surface area contributed by atoms with E-state index in [-0.39, 0.29) is 5.41 Å². The quantitative estimate of drug-likeness (QED) is 0.742. The molecule has 4 heteroatoms. The van der Waals surface area contributed by atoms with Gasteiger partial charge in [0.15, 0.2) is 5.82 Å². The molecule has 0 fully saturated rings. The second-order valence-electron chi connectivity index (χ2n) is 6.91. The van der Waals surface area contributed by atoms with Crippen LogP contribution >= 0.6 is 15.9 Å². The van der Waals surface area contributed by atoms with Crippen LogP contribution < -0.4 is 0 Å². The lowest BCUT2D eigenvalue weighted by atomic mass is 9.87. The van der Waals surface area contributed by atoms with Crippen molar-refractivity contribution in [3.05, 3.63) is 35.7 Å². The SMILES string of the molecule is CC(C)Cn1c(CBr)nnc1-c1ccc(C(C)(C)C)cc1. The molecule has 3 nitrogen and oxygen atoms in total. The fourth-order valence-electron chi connectivity index (χ4n) is 2.32. The lowest BCUT2D eigenvalue weighted by Gasteiger charge is -2.19. The minimum absolute atomic E-state index is 0.172. The third kappa shape index (κ3) is 3.73. The first kappa shape index (κ1) is 16.2. The molecule has 2 rings (SSSR count). The standard InChI is InChI=1S/C17H24BrN3/c1-12(2)11-21-15(10-18)19-20-16(21)13-6-8-14(9-7-13)17(3,4)5/h6-9,12H,10-11H2,1-5H3. The highest BCUT2D eigenvalue weighted by atomic mass is 79.9. The summed E-state index contributed by atoms with van der Waals surface area (Å²) in [5.41, 5.74) is 2.63. The number of alkyl halides is 1. The summed E-state index contributed by atoms with van der Waals surface area (Å²) in [5, 5.41) is 9.42. The van der Waals surface area contributed by atoms with E-state index in [1.807, 2.05) is 0 Å².